The first-order valence-electron chi connectivity index (χ1n) is 3.78. The normalized spacial score (nSPS) is 14.0. The number of alkyl halides is 3. The SMILES string of the molecule is CC(CSCOCC(F)(F)F)C(=O)O. The molecule has 0 amide bonds. The summed E-state index contributed by atoms with van der Waals surface area (Å²) >= 11 is 1.03. The quantitative estimate of drug-likeness (QED) is 0.562. The van der Waals surface area contributed by atoms with Crippen LogP contribution in [0.2, 0.25) is 0 Å². The van der Waals surface area contributed by atoms with E-state index in [0.717, 1.165) is 11.8 Å². The first-order chi connectivity index (χ1) is 6.33. The summed E-state index contributed by atoms with van der Waals surface area (Å²) in [5, 5.41) is 8.43. The van der Waals surface area contributed by atoms with Crippen LogP contribution in [0.1, 0.15) is 6.92 Å². The van der Waals surface area contributed by atoms with E-state index >= 15 is 0 Å². The van der Waals surface area contributed by atoms with E-state index in [1.807, 2.05) is 0 Å². The Morgan fingerprint density at radius 1 is 1.57 bits per heavy atom. The first kappa shape index (κ1) is 13.6. The lowest BCUT2D eigenvalue weighted by Gasteiger charge is -2.08. The number of carboxylic acid groups (broad SMARTS) is 1. The summed E-state index contributed by atoms with van der Waals surface area (Å²) in [5.41, 5.74) is 0. The second-order valence-electron chi connectivity index (χ2n) is 2.69. The Morgan fingerprint density at radius 2 is 2.14 bits per heavy atom. The zero-order valence-corrected chi connectivity index (χ0v) is 8.32. The molecular weight excluding hydrogens is 221 g/mol. The predicted molar refractivity (Wildman–Crippen MR) is 46.1 cm³/mol. The van der Waals surface area contributed by atoms with Gasteiger partial charge in [0.1, 0.15) is 6.61 Å². The number of hydrogen-bond donors (Lipinski definition) is 1. The van der Waals surface area contributed by atoms with E-state index in [1.165, 1.54) is 6.92 Å². The van der Waals surface area contributed by atoms with Crippen molar-refractivity contribution in [3.8, 4) is 0 Å². The highest BCUT2D eigenvalue weighted by atomic mass is 32.2. The number of carboxylic acids is 1. The second-order valence-corrected chi connectivity index (χ2v) is 3.67. The largest absolute Gasteiger partial charge is 0.481 e. The molecule has 0 saturated carbocycles. The molecule has 0 aliphatic carbocycles. The number of carbonyl (C=O) groups is 1. The average Bonchev–Trinajstić information content (AvgIpc) is 2.01. The molecule has 0 bridgehead atoms. The molecule has 0 aliphatic heterocycles. The minimum absolute atomic E-state index is 0.142. The molecule has 14 heavy (non-hydrogen) atoms. The van der Waals surface area contributed by atoms with E-state index in [1.54, 1.807) is 0 Å². The van der Waals surface area contributed by atoms with Gasteiger partial charge in [0.25, 0.3) is 0 Å². The molecule has 0 radical (unpaired) electrons. The molecule has 0 aromatic heterocycles. The Labute approximate surface area is 83.6 Å². The van der Waals surface area contributed by atoms with E-state index < -0.39 is 24.7 Å². The average molecular weight is 232 g/mol. The van der Waals surface area contributed by atoms with Crippen molar-refractivity contribution < 1.29 is 27.8 Å². The van der Waals surface area contributed by atoms with Crippen molar-refractivity contribution in [3.05, 3.63) is 0 Å². The summed E-state index contributed by atoms with van der Waals surface area (Å²) in [6, 6.07) is 0. The van der Waals surface area contributed by atoms with Crippen LogP contribution in [0.25, 0.3) is 0 Å². The summed E-state index contributed by atoms with van der Waals surface area (Å²) in [6.45, 7) is 0.195. The lowest BCUT2D eigenvalue weighted by molar-refractivity contribution is -0.168. The second kappa shape index (κ2) is 6.13. The van der Waals surface area contributed by atoms with Crippen LogP contribution in [0.15, 0.2) is 0 Å². The molecule has 84 valence electrons. The van der Waals surface area contributed by atoms with Crippen LogP contribution in [-0.2, 0) is 9.53 Å². The van der Waals surface area contributed by atoms with E-state index in [2.05, 4.69) is 4.74 Å². The number of rotatable bonds is 6. The fourth-order valence-corrected chi connectivity index (χ4v) is 1.31. The van der Waals surface area contributed by atoms with Crippen molar-refractivity contribution in [1.29, 1.82) is 0 Å². The Kier molecular flexibility index (Phi) is 5.94. The lowest BCUT2D eigenvalue weighted by Crippen LogP contribution is -2.17. The molecule has 0 saturated heterocycles. The van der Waals surface area contributed by atoms with Gasteiger partial charge >= 0.3 is 12.1 Å². The molecule has 1 N–H and O–H groups in total. The lowest BCUT2D eigenvalue weighted by atomic mass is 10.2. The van der Waals surface area contributed by atoms with Gasteiger partial charge in [0, 0.05) is 5.75 Å². The summed E-state index contributed by atoms with van der Waals surface area (Å²) < 4.78 is 38.9. The van der Waals surface area contributed by atoms with Crippen LogP contribution in [-0.4, -0.2) is 35.6 Å². The van der Waals surface area contributed by atoms with Crippen molar-refractivity contribution >= 4 is 17.7 Å². The summed E-state index contributed by atoms with van der Waals surface area (Å²) in [4.78, 5) is 10.3. The molecule has 0 fully saturated rings. The van der Waals surface area contributed by atoms with Gasteiger partial charge in [0.2, 0.25) is 0 Å². The third kappa shape index (κ3) is 8.18. The van der Waals surface area contributed by atoms with Crippen LogP contribution < -0.4 is 0 Å². The fraction of sp³-hybridized carbons (Fsp3) is 0.857. The number of hydrogen-bond acceptors (Lipinski definition) is 3. The van der Waals surface area contributed by atoms with Crippen LogP contribution in [0.3, 0.4) is 0 Å². The Balaban J connectivity index is 3.35. The maximum absolute atomic E-state index is 11.5. The third-order valence-corrected chi connectivity index (χ3v) is 2.29. The summed E-state index contributed by atoms with van der Waals surface area (Å²) in [7, 11) is 0. The topological polar surface area (TPSA) is 46.5 Å². The minimum atomic E-state index is -4.32. The van der Waals surface area contributed by atoms with Gasteiger partial charge < -0.3 is 9.84 Å². The first-order valence-corrected chi connectivity index (χ1v) is 4.93. The number of aliphatic carboxylic acids is 1. The molecule has 0 rings (SSSR count). The Hall–Kier alpha value is -0.430. The molecule has 0 aromatic rings. The molecule has 3 nitrogen and oxygen atoms in total. The van der Waals surface area contributed by atoms with Crippen molar-refractivity contribution in [3.63, 3.8) is 0 Å². The molecular formula is C7H11F3O3S. The van der Waals surface area contributed by atoms with E-state index in [-0.39, 0.29) is 11.7 Å². The van der Waals surface area contributed by atoms with Gasteiger partial charge in [-0.15, -0.1) is 11.8 Å². The monoisotopic (exact) mass is 232 g/mol. The number of thioether (sulfide) groups is 1. The number of halogens is 3. The van der Waals surface area contributed by atoms with E-state index in [0.29, 0.717) is 0 Å². The maximum Gasteiger partial charge on any atom is 0.411 e. The number of ether oxygens (including phenoxy) is 1. The molecule has 0 aromatic carbocycles. The van der Waals surface area contributed by atoms with Gasteiger partial charge in [-0.3, -0.25) is 4.79 Å². The van der Waals surface area contributed by atoms with Gasteiger partial charge in [0.05, 0.1) is 11.9 Å². The van der Waals surface area contributed by atoms with E-state index in [9.17, 15) is 18.0 Å². The molecule has 0 aliphatic rings. The Bertz CT molecular complexity index is 184. The van der Waals surface area contributed by atoms with E-state index in [4.69, 9.17) is 5.11 Å². The smallest absolute Gasteiger partial charge is 0.411 e. The van der Waals surface area contributed by atoms with Crippen LogP contribution in [0, 0.1) is 5.92 Å². The van der Waals surface area contributed by atoms with Crippen LogP contribution in [0.4, 0.5) is 13.2 Å². The zero-order valence-electron chi connectivity index (χ0n) is 7.50. The molecule has 1 unspecified atom stereocenters. The van der Waals surface area contributed by atoms with Gasteiger partial charge in [-0.25, -0.2) is 0 Å². The minimum Gasteiger partial charge on any atom is -0.481 e. The molecule has 7 heteroatoms. The van der Waals surface area contributed by atoms with Gasteiger partial charge in [-0.1, -0.05) is 6.92 Å². The van der Waals surface area contributed by atoms with Crippen LogP contribution >= 0.6 is 11.8 Å². The van der Waals surface area contributed by atoms with Crippen LogP contribution in [0.5, 0.6) is 0 Å². The molecule has 0 heterocycles. The highest BCUT2D eigenvalue weighted by Crippen LogP contribution is 2.16. The van der Waals surface area contributed by atoms with Gasteiger partial charge in [-0.2, -0.15) is 13.2 Å². The highest BCUT2D eigenvalue weighted by Gasteiger charge is 2.27. The van der Waals surface area contributed by atoms with Gasteiger partial charge in [-0.05, 0) is 0 Å². The maximum atomic E-state index is 11.5. The predicted octanol–water partition coefficient (Wildman–Crippen LogP) is 1.98. The summed E-state index contributed by atoms with van der Waals surface area (Å²) in [5.74, 6) is -1.44. The third-order valence-electron chi connectivity index (χ3n) is 1.22. The van der Waals surface area contributed by atoms with Crippen molar-refractivity contribution in [2.75, 3.05) is 18.3 Å². The zero-order chi connectivity index (χ0) is 11.2. The fourth-order valence-electron chi connectivity index (χ4n) is 0.512. The van der Waals surface area contributed by atoms with Crippen molar-refractivity contribution in [1.82, 2.24) is 0 Å². The molecule has 1 atom stereocenters. The summed E-state index contributed by atoms with van der Waals surface area (Å²) in [6.07, 6.45) is -4.32. The van der Waals surface area contributed by atoms with Crippen molar-refractivity contribution in [2.24, 2.45) is 5.92 Å². The van der Waals surface area contributed by atoms with Crippen molar-refractivity contribution in [2.45, 2.75) is 13.1 Å². The highest BCUT2D eigenvalue weighted by molar-refractivity contribution is 7.99. The van der Waals surface area contributed by atoms with Gasteiger partial charge in [0.15, 0.2) is 0 Å². The Morgan fingerprint density at radius 3 is 2.57 bits per heavy atom. The molecule has 0 spiro atoms. The standard InChI is InChI=1S/C7H11F3O3S/c1-5(6(11)12)2-14-4-13-3-7(8,9)10/h5H,2-4H2,1H3,(H,11,12).